The zero-order valence-corrected chi connectivity index (χ0v) is 11.2. The molecule has 0 unspecified atom stereocenters. The molecule has 98 valence electrons. The first-order valence-corrected chi connectivity index (χ1v) is 6.65. The molecule has 18 heavy (non-hydrogen) atoms. The van der Waals surface area contributed by atoms with Gasteiger partial charge < -0.3 is 4.90 Å². The molecule has 0 N–H and O–H groups in total. The highest BCUT2D eigenvalue weighted by atomic mass is 16.1. The second kappa shape index (κ2) is 5.96. The molecule has 0 spiro atoms. The highest BCUT2D eigenvalue weighted by molar-refractivity contribution is 5.93. The van der Waals surface area contributed by atoms with E-state index in [0.29, 0.717) is 5.56 Å². The lowest BCUT2D eigenvalue weighted by atomic mass is 10.2. The molecule has 2 rings (SSSR count). The van der Waals surface area contributed by atoms with Crippen LogP contribution in [-0.2, 0) is 0 Å². The quantitative estimate of drug-likeness (QED) is 0.760. The number of anilines is 1. The fourth-order valence-corrected chi connectivity index (χ4v) is 2.30. The minimum atomic E-state index is 0.0711. The lowest BCUT2D eigenvalue weighted by Gasteiger charge is -2.35. The Morgan fingerprint density at radius 3 is 2.50 bits per heavy atom. The predicted molar refractivity (Wildman–Crippen MR) is 73.2 cm³/mol. The van der Waals surface area contributed by atoms with Crippen LogP contribution in [0.15, 0.2) is 18.3 Å². The van der Waals surface area contributed by atoms with Crippen molar-refractivity contribution in [3.05, 3.63) is 23.9 Å². The lowest BCUT2D eigenvalue weighted by Crippen LogP contribution is -2.46. The molecule has 1 aromatic heterocycles. The van der Waals surface area contributed by atoms with Gasteiger partial charge in [0.2, 0.25) is 0 Å². The van der Waals surface area contributed by atoms with Gasteiger partial charge in [0.1, 0.15) is 5.82 Å². The van der Waals surface area contributed by atoms with E-state index in [4.69, 9.17) is 0 Å². The Labute approximate surface area is 109 Å². The van der Waals surface area contributed by atoms with E-state index in [0.717, 1.165) is 32.0 Å². The molecule has 0 saturated carbocycles. The number of carbonyl (C=O) groups excluding carboxylic acids is 1. The van der Waals surface area contributed by atoms with E-state index in [1.807, 2.05) is 12.1 Å². The Kier molecular flexibility index (Phi) is 4.31. The molecule has 0 radical (unpaired) electrons. The van der Waals surface area contributed by atoms with Gasteiger partial charge in [-0.25, -0.2) is 4.98 Å². The van der Waals surface area contributed by atoms with Gasteiger partial charge in [-0.1, -0.05) is 6.92 Å². The fraction of sp³-hybridized carbons (Fsp3) is 0.571. The Hall–Kier alpha value is -1.42. The summed E-state index contributed by atoms with van der Waals surface area (Å²) in [6, 6.07) is 3.81. The minimum absolute atomic E-state index is 0.0711. The van der Waals surface area contributed by atoms with Crippen LogP contribution in [-0.4, -0.2) is 48.4 Å². The number of rotatable bonds is 4. The smallest absolute Gasteiger partial charge is 0.161 e. The van der Waals surface area contributed by atoms with Gasteiger partial charge in [0.25, 0.3) is 0 Å². The number of carbonyl (C=O) groups is 1. The molecule has 0 atom stereocenters. The summed E-state index contributed by atoms with van der Waals surface area (Å²) in [5.74, 6) is 1.05. The molecular formula is C14H21N3O. The molecule has 1 aliphatic heterocycles. The highest BCUT2D eigenvalue weighted by Crippen LogP contribution is 2.14. The van der Waals surface area contributed by atoms with E-state index < -0.39 is 0 Å². The topological polar surface area (TPSA) is 36.4 Å². The summed E-state index contributed by atoms with van der Waals surface area (Å²) >= 11 is 0. The van der Waals surface area contributed by atoms with Gasteiger partial charge >= 0.3 is 0 Å². The number of ketones is 1. The first-order valence-electron chi connectivity index (χ1n) is 6.65. The number of piperazine rings is 1. The molecule has 0 amide bonds. The van der Waals surface area contributed by atoms with Crippen molar-refractivity contribution in [2.75, 3.05) is 37.6 Å². The summed E-state index contributed by atoms with van der Waals surface area (Å²) in [4.78, 5) is 20.3. The van der Waals surface area contributed by atoms with Crippen LogP contribution in [0.5, 0.6) is 0 Å². The van der Waals surface area contributed by atoms with Gasteiger partial charge in [-0.05, 0) is 32.0 Å². The van der Waals surface area contributed by atoms with Gasteiger partial charge in [-0.15, -0.1) is 0 Å². The number of nitrogens with zero attached hydrogens (tertiary/aromatic N) is 3. The summed E-state index contributed by atoms with van der Waals surface area (Å²) in [6.45, 7) is 9.21. The molecule has 2 heterocycles. The maximum atomic E-state index is 11.2. The van der Waals surface area contributed by atoms with Gasteiger partial charge in [-0.3, -0.25) is 9.69 Å². The lowest BCUT2D eigenvalue weighted by molar-refractivity contribution is 0.101. The Morgan fingerprint density at radius 1 is 1.28 bits per heavy atom. The maximum Gasteiger partial charge on any atom is 0.161 e. The third kappa shape index (κ3) is 3.07. The molecule has 0 bridgehead atoms. The van der Waals surface area contributed by atoms with Gasteiger partial charge in [0, 0.05) is 37.9 Å². The summed E-state index contributed by atoms with van der Waals surface area (Å²) < 4.78 is 0. The third-order valence-corrected chi connectivity index (χ3v) is 3.39. The summed E-state index contributed by atoms with van der Waals surface area (Å²) in [5.41, 5.74) is 0.684. The van der Waals surface area contributed by atoms with Gasteiger partial charge in [0.15, 0.2) is 5.78 Å². The van der Waals surface area contributed by atoms with Crippen LogP contribution < -0.4 is 4.90 Å². The number of hydrogen-bond donors (Lipinski definition) is 0. The second-order valence-corrected chi connectivity index (χ2v) is 4.79. The number of pyridine rings is 1. The fourth-order valence-electron chi connectivity index (χ4n) is 2.30. The van der Waals surface area contributed by atoms with Crippen LogP contribution in [0, 0.1) is 0 Å². The summed E-state index contributed by atoms with van der Waals surface area (Å²) in [6.07, 6.45) is 2.89. The van der Waals surface area contributed by atoms with Crippen molar-refractivity contribution in [1.29, 1.82) is 0 Å². The first kappa shape index (κ1) is 13.0. The predicted octanol–water partition coefficient (Wildman–Crippen LogP) is 1.82. The number of hydrogen-bond acceptors (Lipinski definition) is 4. The SMILES string of the molecule is CCCN1CCN(c2ccc(C(C)=O)cn2)CC1. The Balaban J connectivity index is 1.95. The molecular weight excluding hydrogens is 226 g/mol. The average Bonchev–Trinajstić information content (AvgIpc) is 2.40. The van der Waals surface area contributed by atoms with E-state index >= 15 is 0 Å². The summed E-state index contributed by atoms with van der Waals surface area (Å²) in [5, 5.41) is 0. The van der Waals surface area contributed by atoms with Crippen molar-refractivity contribution in [1.82, 2.24) is 9.88 Å². The minimum Gasteiger partial charge on any atom is -0.354 e. The highest BCUT2D eigenvalue weighted by Gasteiger charge is 2.17. The molecule has 1 aliphatic rings. The van der Waals surface area contributed by atoms with Crippen molar-refractivity contribution >= 4 is 11.6 Å². The number of aromatic nitrogens is 1. The first-order chi connectivity index (χ1) is 8.70. The van der Waals surface area contributed by atoms with Gasteiger partial charge in [-0.2, -0.15) is 0 Å². The third-order valence-electron chi connectivity index (χ3n) is 3.39. The van der Waals surface area contributed by atoms with E-state index in [-0.39, 0.29) is 5.78 Å². The molecule has 1 saturated heterocycles. The van der Waals surface area contributed by atoms with Crippen molar-refractivity contribution in [3.8, 4) is 0 Å². The zero-order valence-electron chi connectivity index (χ0n) is 11.2. The molecule has 4 nitrogen and oxygen atoms in total. The monoisotopic (exact) mass is 247 g/mol. The van der Waals surface area contributed by atoms with Crippen LogP contribution in [0.4, 0.5) is 5.82 Å². The Morgan fingerprint density at radius 2 is 2.00 bits per heavy atom. The standard InChI is InChI=1S/C14H21N3O/c1-3-6-16-7-9-17(10-8-16)14-5-4-13(11-15-14)12(2)18/h4-5,11H,3,6-10H2,1-2H3. The molecule has 1 fully saturated rings. The van der Waals surface area contributed by atoms with Crippen LogP contribution in [0.2, 0.25) is 0 Å². The van der Waals surface area contributed by atoms with E-state index in [1.165, 1.54) is 13.0 Å². The van der Waals surface area contributed by atoms with Crippen LogP contribution in [0.25, 0.3) is 0 Å². The van der Waals surface area contributed by atoms with E-state index in [1.54, 1.807) is 13.1 Å². The normalized spacial score (nSPS) is 16.9. The molecule has 1 aromatic rings. The second-order valence-electron chi connectivity index (χ2n) is 4.79. The van der Waals surface area contributed by atoms with Crippen molar-refractivity contribution in [3.63, 3.8) is 0 Å². The summed E-state index contributed by atoms with van der Waals surface area (Å²) in [7, 11) is 0. The molecule has 4 heteroatoms. The van der Waals surface area contributed by atoms with Crippen LogP contribution in [0.3, 0.4) is 0 Å². The van der Waals surface area contributed by atoms with E-state index in [2.05, 4.69) is 21.7 Å². The number of Topliss-reactive ketones (excluding diaryl/α,β-unsaturated/α-hetero) is 1. The van der Waals surface area contributed by atoms with Crippen LogP contribution in [0.1, 0.15) is 30.6 Å². The largest absolute Gasteiger partial charge is 0.354 e. The maximum absolute atomic E-state index is 11.2. The Bertz CT molecular complexity index is 394. The van der Waals surface area contributed by atoms with Gasteiger partial charge in [0.05, 0.1) is 0 Å². The van der Waals surface area contributed by atoms with Crippen molar-refractivity contribution in [2.45, 2.75) is 20.3 Å². The molecule has 0 aliphatic carbocycles. The van der Waals surface area contributed by atoms with Crippen LogP contribution >= 0.6 is 0 Å². The average molecular weight is 247 g/mol. The van der Waals surface area contributed by atoms with Crippen molar-refractivity contribution in [2.24, 2.45) is 0 Å². The zero-order chi connectivity index (χ0) is 13.0. The molecule has 0 aromatic carbocycles. The van der Waals surface area contributed by atoms with E-state index in [9.17, 15) is 4.79 Å². The van der Waals surface area contributed by atoms with Crippen molar-refractivity contribution < 1.29 is 4.79 Å².